The first-order valence-corrected chi connectivity index (χ1v) is 21.2. The number of fused-ring (bicyclic) bond motifs is 9. The molecule has 0 unspecified atom stereocenters. The van der Waals surface area contributed by atoms with Crippen molar-refractivity contribution in [2.45, 2.75) is 12.8 Å². The molecule has 0 bridgehead atoms. The molecule has 0 saturated carbocycles. The summed E-state index contributed by atoms with van der Waals surface area (Å²) in [7, 11) is 0. The Hall–Kier alpha value is -8.49. The Morgan fingerprint density at radius 2 is 1.08 bits per heavy atom. The molecule has 5 aromatic carbocycles. The molecule has 0 spiro atoms. The van der Waals surface area contributed by atoms with Gasteiger partial charge in [0, 0.05) is 92.4 Å². The quantitative estimate of drug-likeness (QED) is 0.167. The molecule has 0 saturated heterocycles. The van der Waals surface area contributed by atoms with Crippen molar-refractivity contribution in [3.05, 3.63) is 200 Å². The van der Waals surface area contributed by atoms with E-state index in [1.165, 1.54) is 0 Å². The fourth-order valence-electron chi connectivity index (χ4n) is 9.51. The van der Waals surface area contributed by atoms with Gasteiger partial charge in [-0.2, -0.15) is 0 Å². The van der Waals surface area contributed by atoms with Crippen molar-refractivity contribution in [1.29, 1.82) is 0 Å². The summed E-state index contributed by atoms with van der Waals surface area (Å²) in [6.07, 6.45) is 13.0. The second-order valence-corrected chi connectivity index (χ2v) is 16.1. The van der Waals surface area contributed by atoms with Gasteiger partial charge < -0.3 is 13.6 Å². The molecule has 0 aliphatic carbocycles. The van der Waals surface area contributed by atoms with Crippen LogP contribution in [0.15, 0.2) is 198 Å². The number of benzene rings is 5. The summed E-state index contributed by atoms with van der Waals surface area (Å²) in [5.74, 6) is 0. The highest BCUT2D eigenvalue weighted by molar-refractivity contribution is 6.12. The Labute approximate surface area is 361 Å². The van der Waals surface area contributed by atoms with E-state index in [9.17, 15) is 0 Å². The number of para-hydroxylation sites is 1. The van der Waals surface area contributed by atoms with E-state index in [-0.39, 0.29) is 0 Å². The minimum Gasteiger partial charge on any atom is -0.456 e. The van der Waals surface area contributed by atoms with E-state index in [0.717, 1.165) is 135 Å². The molecule has 0 amide bonds. The molecular formula is C55H35N7O. The standard InChI is InChI=1S/C55H35N7O/c1-3-9-34(10-4-1)36-25-38(31-57-29-36)46-17-20-50-54(59-46)55-51(21-18-47(60-55)39-26-37(30-58-32-39)35-11-5-2-6-12-35)62(50)40-15-19-48-43(27-40)45-33-56-24-23-49(45)61(48)41-16-22-53-44(28-41)42-13-7-8-14-52(42)63-53/h1-17,19-20,22-33H,18,21H2. The lowest BCUT2D eigenvalue weighted by Crippen LogP contribution is -2.10. The van der Waals surface area contributed by atoms with E-state index in [1.54, 1.807) is 0 Å². The zero-order valence-corrected chi connectivity index (χ0v) is 33.9. The molecule has 12 aromatic rings. The predicted octanol–water partition coefficient (Wildman–Crippen LogP) is 13.3. The Kier molecular flexibility index (Phi) is 7.86. The van der Waals surface area contributed by atoms with E-state index in [1.807, 2.05) is 61.4 Å². The minimum absolute atomic E-state index is 0.760. The summed E-state index contributed by atoms with van der Waals surface area (Å²) in [6.45, 7) is 0. The molecule has 0 atom stereocenters. The van der Waals surface area contributed by atoms with Crippen LogP contribution in [0.5, 0.6) is 0 Å². The topological polar surface area (TPSA) is 86.9 Å². The molecule has 1 aliphatic heterocycles. The van der Waals surface area contributed by atoms with Crippen LogP contribution >= 0.6 is 0 Å². The zero-order chi connectivity index (χ0) is 41.4. The Morgan fingerprint density at radius 1 is 0.429 bits per heavy atom. The average Bonchev–Trinajstić information content (AvgIpc) is 4.01. The van der Waals surface area contributed by atoms with Gasteiger partial charge in [-0.3, -0.25) is 15.0 Å². The monoisotopic (exact) mass is 809 g/mol. The predicted molar refractivity (Wildman–Crippen MR) is 253 cm³/mol. The third-order valence-corrected chi connectivity index (χ3v) is 12.5. The van der Waals surface area contributed by atoms with E-state index in [4.69, 9.17) is 14.4 Å². The first-order valence-electron chi connectivity index (χ1n) is 21.2. The highest BCUT2D eigenvalue weighted by Crippen LogP contribution is 2.42. The zero-order valence-electron chi connectivity index (χ0n) is 33.9. The van der Waals surface area contributed by atoms with Gasteiger partial charge in [-0.15, -0.1) is 0 Å². The minimum atomic E-state index is 0.760. The van der Waals surface area contributed by atoms with Crippen molar-refractivity contribution in [3.63, 3.8) is 0 Å². The lowest BCUT2D eigenvalue weighted by molar-refractivity contribution is 0.669. The molecule has 0 radical (unpaired) electrons. The van der Waals surface area contributed by atoms with Crippen LogP contribution < -0.4 is 0 Å². The number of nitrogens with zero attached hydrogens (tertiary/aromatic N) is 7. The van der Waals surface area contributed by atoms with Gasteiger partial charge in [-0.25, -0.2) is 9.98 Å². The van der Waals surface area contributed by atoms with E-state index in [0.29, 0.717) is 0 Å². The van der Waals surface area contributed by atoms with Gasteiger partial charge in [-0.05, 0) is 96.8 Å². The summed E-state index contributed by atoms with van der Waals surface area (Å²) in [5.41, 5.74) is 18.0. The Bertz CT molecular complexity index is 3800. The van der Waals surface area contributed by atoms with Crippen molar-refractivity contribution in [3.8, 4) is 44.9 Å². The van der Waals surface area contributed by atoms with Crippen LogP contribution in [0.4, 0.5) is 5.69 Å². The molecule has 296 valence electrons. The van der Waals surface area contributed by atoms with E-state index >= 15 is 0 Å². The van der Waals surface area contributed by atoms with Gasteiger partial charge in [0.1, 0.15) is 22.4 Å². The lowest BCUT2D eigenvalue weighted by Gasteiger charge is -2.17. The van der Waals surface area contributed by atoms with Crippen molar-refractivity contribution in [2.24, 2.45) is 4.99 Å². The first-order chi connectivity index (χ1) is 31.2. The number of pyridine rings is 4. The molecule has 8 heteroatoms. The third-order valence-electron chi connectivity index (χ3n) is 12.5. The third kappa shape index (κ3) is 5.72. The van der Waals surface area contributed by atoms with Crippen LogP contribution in [-0.2, 0) is 6.42 Å². The van der Waals surface area contributed by atoms with Crippen molar-refractivity contribution in [1.82, 2.24) is 29.1 Å². The summed E-state index contributed by atoms with van der Waals surface area (Å²) in [4.78, 5) is 24.9. The fraction of sp³-hybridized carbons (Fsp3) is 0.0364. The molecule has 1 aliphatic rings. The number of furan rings is 1. The summed E-state index contributed by atoms with van der Waals surface area (Å²) >= 11 is 0. The molecule has 0 fully saturated rings. The number of hydrogen-bond donors (Lipinski definition) is 0. The van der Waals surface area contributed by atoms with Gasteiger partial charge in [-0.1, -0.05) is 78.9 Å². The largest absolute Gasteiger partial charge is 0.456 e. The SMILES string of the molecule is c1ccc(-c2cncc(C3=Nc4c(n(-c5ccc6c(c5)c5cnccc5n6-c5ccc6oc7ccccc7c6c5)c5ccc(-c6cncc(-c7ccccc7)c6)nc45)CC3)c2)cc1. The number of rotatable bonds is 6. The maximum atomic E-state index is 6.21. The first kappa shape index (κ1) is 35.3. The van der Waals surface area contributed by atoms with Gasteiger partial charge in [0.05, 0.1) is 33.6 Å². The van der Waals surface area contributed by atoms with Gasteiger partial charge in [0.2, 0.25) is 0 Å². The van der Waals surface area contributed by atoms with Crippen molar-refractivity contribution in [2.75, 3.05) is 0 Å². The molecule has 7 aromatic heterocycles. The van der Waals surface area contributed by atoms with Crippen LogP contribution in [0.2, 0.25) is 0 Å². The number of hydrogen-bond acceptors (Lipinski definition) is 6. The smallest absolute Gasteiger partial charge is 0.135 e. The molecule has 13 rings (SSSR count). The van der Waals surface area contributed by atoms with Crippen LogP contribution in [-0.4, -0.2) is 34.8 Å². The van der Waals surface area contributed by atoms with Crippen molar-refractivity contribution >= 4 is 66.2 Å². The highest BCUT2D eigenvalue weighted by atomic mass is 16.3. The Morgan fingerprint density at radius 3 is 1.90 bits per heavy atom. The molecule has 8 nitrogen and oxygen atoms in total. The molecular weight excluding hydrogens is 775 g/mol. The van der Waals surface area contributed by atoms with E-state index in [2.05, 4.69) is 151 Å². The summed E-state index contributed by atoms with van der Waals surface area (Å²) in [6, 6.07) is 52.9. The summed E-state index contributed by atoms with van der Waals surface area (Å²) in [5, 5.41) is 4.38. The number of aromatic nitrogens is 6. The van der Waals surface area contributed by atoms with Crippen LogP contribution in [0.3, 0.4) is 0 Å². The van der Waals surface area contributed by atoms with Crippen LogP contribution in [0.1, 0.15) is 17.7 Å². The van der Waals surface area contributed by atoms with Crippen LogP contribution in [0, 0.1) is 0 Å². The molecule has 8 heterocycles. The molecule has 0 N–H and O–H groups in total. The second-order valence-electron chi connectivity index (χ2n) is 16.1. The lowest BCUT2D eigenvalue weighted by atomic mass is 9.99. The average molecular weight is 810 g/mol. The van der Waals surface area contributed by atoms with Crippen LogP contribution in [0.25, 0.3) is 99.7 Å². The normalized spacial score (nSPS) is 12.7. The van der Waals surface area contributed by atoms with Gasteiger partial charge in [0.15, 0.2) is 0 Å². The highest BCUT2D eigenvalue weighted by Gasteiger charge is 2.26. The van der Waals surface area contributed by atoms with E-state index < -0.39 is 0 Å². The second kappa shape index (κ2) is 14.0. The Balaban J connectivity index is 0.996. The maximum absolute atomic E-state index is 6.21. The fourth-order valence-corrected chi connectivity index (χ4v) is 9.51. The summed E-state index contributed by atoms with van der Waals surface area (Å²) < 4.78 is 10.9. The maximum Gasteiger partial charge on any atom is 0.135 e. The molecule has 63 heavy (non-hydrogen) atoms. The van der Waals surface area contributed by atoms with Gasteiger partial charge >= 0.3 is 0 Å². The van der Waals surface area contributed by atoms with Gasteiger partial charge in [0.25, 0.3) is 0 Å². The van der Waals surface area contributed by atoms with Crippen molar-refractivity contribution < 1.29 is 4.42 Å². The number of aliphatic imine (C=N–C) groups is 1.